The highest BCUT2D eigenvalue weighted by molar-refractivity contribution is 6.33. The van der Waals surface area contributed by atoms with E-state index in [-0.39, 0.29) is 16.6 Å². The number of halogens is 1. The number of esters is 1. The molecule has 0 aliphatic heterocycles. The van der Waals surface area contributed by atoms with E-state index in [4.69, 9.17) is 16.3 Å². The van der Waals surface area contributed by atoms with E-state index < -0.39 is 17.6 Å². The molecule has 0 radical (unpaired) electrons. The lowest BCUT2D eigenvalue weighted by Gasteiger charge is -2.23. The van der Waals surface area contributed by atoms with Crippen LogP contribution in [0.5, 0.6) is 0 Å². The molecule has 1 aromatic carbocycles. The van der Waals surface area contributed by atoms with Crippen LogP contribution in [0.2, 0.25) is 5.15 Å². The molecule has 134 valence electrons. The highest BCUT2D eigenvalue weighted by atomic mass is 35.5. The second kappa shape index (κ2) is 7.27. The molecule has 7 heteroatoms. The van der Waals surface area contributed by atoms with E-state index >= 15 is 0 Å². The predicted octanol–water partition coefficient (Wildman–Crippen LogP) is 3.29. The van der Waals surface area contributed by atoms with Crippen molar-refractivity contribution in [3.05, 3.63) is 46.7 Å². The number of rotatable bonds is 4. The van der Waals surface area contributed by atoms with Crippen LogP contribution in [0, 0.1) is 6.92 Å². The van der Waals surface area contributed by atoms with Crippen LogP contribution in [0.1, 0.15) is 43.7 Å². The van der Waals surface area contributed by atoms with Gasteiger partial charge in [-0.05, 0) is 46.8 Å². The predicted molar refractivity (Wildman–Crippen MR) is 96.1 cm³/mol. The Morgan fingerprint density at radius 2 is 1.84 bits per heavy atom. The minimum absolute atomic E-state index is 0.150. The second-order valence-corrected chi connectivity index (χ2v) is 7.14. The fourth-order valence-electron chi connectivity index (χ4n) is 2.22. The summed E-state index contributed by atoms with van der Waals surface area (Å²) in [6.45, 7) is 8.74. The lowest BCUT2D eigenvalue weighted by Crippen LogP contribution is -2.46. The van der Waals surface area contributed by atoms with E-state index in [1.807, 2.05) is 51.1 Å². The van der Waals surface area contributed by atoms with Crippen LogP contribution in [0.4, 0.5) is 0 Å². The summed E-state index contributed by atoms with van der Waals surface area (Å²) in [5.74, 6) is -1.05. The molecule has 0 unspecified atom stereocenters. The van der Waals surface area contributed by atoms with Crippen molar-refractivity contribution >= 4 is 23.5 Å². The van der Waals surface area contributed by atoms with E-state index in [0.29, 0.717) is 5.69 Å². The average Bonchev–Trinajstić information content (AvgIpc) is 2.81. The van der Waals surface area contributed by atoms with Crippen molar-refractivity contribution in [2.75, 3.05) is 0 Å². The van der Waals surface area contributed by atoms with Gasteiger partial charge in [0.05, 0.1) is 11.4 Å². The van der Waals surface area contributed by atoms with Crippen LogP contribution >= 0.6 is 11.6 Å². The van der Waals surface area contributed by atoms with Crippen molar-refractivity contribution in [2.24, 2.45) is 0 Å². The zero-order valence-corrected chi connectivity index (χ0v) is 15.7. The largest absolute Gasteiger partial charge is 0.449 e. The molecule has 25 heavy (non-hydrogen) atoms. The number of aromatic nitrogens is 2. The number of hydrogen-bond acceptors (Lipinski definition) is 4. The third-order valence-electron chi connectivity index (χ3n) is 3.36. The van der Waals surface area contributed by atoms with Crippen LogP contribution in [0.25, 0.3) is 5.69 Å². The zero-order chi connectivity index (χ0) is 18.8. The molecule has 0 saturated heterocycles. The SMILES string of the molecule is Cc1nn(-c2ccccc2)c(Cl)c1C(=O)O[C@@H](C)C(=O)NC(C)(C)C. The highest BCUT2D eigenvalue weighted by Gasteiger charge is 2.27. The number of carbonyl (C=O) groups is 2. The number of carbonyl (C=O) groups excluding carboxylic acids is 2. The van der Waals surface area contributed by atoms with Gasteiger partial charge in [0.2, 0.25) is 0 Å². The molecular weight excluding hydrogens is 342 g/mol. The summed E-state index contributed by atoms with van der Waals surface area (Å²) in [7, 11) is 0. The molecule has 0 spiro atoms. The van der Waals surface area contributed by atoms with Gasteiger partial charge in [0.15, 0.2) is 6.10 Å². The number of hydrogen-bond donors (Lipinski definition) is 1. The maximum absolute atomic E-state index is 12.5. The molecule has 1 atom stereocenters. The number of ether oxygens (including phenoxy) is 1. The first-order valence-corrected chi connectivity index (χ1v) is 8.31. The molecular formula is C18H22ClN3O3. The van der Waals surface area contributed by atoms with Gasteiger partial charge in [-0.15, -0.1) is 0 Å². The van der Waals surface area contributed by atoms with E-state index in [1.165, 1.54) is 11.6 Å². The fraction of sp³-hybridized carbons (Fsp3) is 0.389. The third kappa shape index (κ3) is 4.60. The molecule has 2 aromatic rings. The smallest absolute Gasteiger partial charge is 0.344 e. The summed E-state index contributed by atoms with van der Waals surface area (Å²) < 4.78 is 6.73. The first kappa shape index (κ1) is 19.0. The average molecular weight is 364 g/mol. The first-order valence-electron chi connectivity index (χ1n) is 7.93. The molecule has 1 aromatic heterocycles. The summed E-state index contributed by atoms with van der Waals surface area (Å²) in [5.41, 5.74) is 0.903. The number of benzene rings is 1. The van der Waals surface area contributed by atoms with Crippen molar-refractivity contribution in [1.29, 1.82) is 0 Å². The Morgan fingerprint density at radius 3 is 2.40 bits per heavy atom. The molecule has 1 amide bonds. The molecule has 0 saturated carbocycles. The van der Waals surface area contributed by atoms with Gasteiger partial charge in [-0.1, -0.05) is 29.8 Å². The van der Waals surface area contributed by atoms with Crippen LogP contribution in [-0.4, -0.2) is 33.3 Å². The Labute approximate surface area is 152 Å². The Bertz CT molecular complexity index is 779. The molecule has 2 rings (SSSR count). The molecule has 0 bridgehead atoms. The summed E-state index contributed by atoms with van der Waals surface area (Å²) in [6.07, 6.45) is -0.942. The number of nitrogens with zero attached hydrogens (tertiary/aromatic N) is 2. The van der Waals surface area contributed by atoms with Crippen molar-refractivity contribution in [1.82, 2.24) is 15.1 Å². The lowest BCUT2D eigenvalue weighted by molar-refractivity contribution is -0.130. The standard InChI is InChI=1S/C18H22ClN3O3/c1-11-14(15(19)22(21-11)13-9-7-6-8-10-13)17(24)25-12(2)16(23)20-18(3,4)5/h6-10,12H,1-5H3,(H,20,23)/t12-/m0/s1. The fourth-order valence-corrected chi connectivity index (χ4v) is 2.56. The highest BCUT2D eigenvalue weighted by Crippen LogP contribution is 2.24. The van der Waals surface area contributed by atoms with Crippen molar-refractivity contribution < 1.29 is 14.3 Å². The minimum atomic E-state index is -0.942. The summed E-state index contributed by atoms with van der Waals surface area (Å²) in [5, 5.41) is 7.21. The van der Waals surface area contributed by atoms with Crippen molar-refractivity contribution in [3.63, 3.8) is 0 Å². The Morgan fingerprint density at radius 1 is 1.24 bits per heavy atom. The summed E-state index contributed by atoms with van der Waals surface area (Å²) in [6, 6.07) is 9.22. The van der Waals surface area contributed by atoms with Crippen molar-refractivity contribution in [2.45, 2.75) is 46.3 Å². The molecule has 1 heterocycles. The van der Waals surface area contributed by atoms with Gasteiger partial charge in [0, 0.05) is 5.54 Å². The Kier molecular flexibility index (Phi) is 5.52. The summed E-state index contributed by atoms with van der Waals surface area (Å²) in [4.78, 5) is 24.6. The minimum Gasteiger partial charge on any atom is -0.449 e. The van der Waals surface area contributed by atoms with Gasteiger partial charge in [-0.2, -0.15) is 5.10 Å². The van der Waals surface area contributed by atoms with E-state index in [0.717, 1.165) is 5.69 Å². The Balaban J connectivity index is 2.20. The van der Waals surface area contributed by atoms with E-state index in [1.54, 1.807) is 6.92 Å². The van der Waals surface area contributed by atoms with Crippen LogP contribution in [-0.2, 0) is 9.53 Å². The number of aryl methyl sites for hydroxylation is 1. The Hall–Kier alpha value is -2.34. The maximum atomic E-state index is 12.5. The first-order chi connectivity index (χ1) is 11.6. The van der Waals surface area contributed by atoms with Gasteiger partial charge < -0.3 is 10.1 Å². The number of amides is 1. The van der Waals surface area contributed by atoms with Crippen LogP contribution < -0.4 is 5.32 Å². The molecule has 1 N–H and O–H groups in total. The van der Waals surface area contributed by atoms with Gasteiger partial charge in [0.25, 0.3) is 5.91 Å². The van der Waals surface area contributed by atoms with Gasteiger partial charge >= 0.3 is 5.97 Å². The number of para-hydroxylation sites is 1. The third-order valence-corrected chi connectivity index (χ3v) is 3.71. The van der Waals surface area contributed by atoms with E-state index in [2.05, 4.69) is 10.4 Å². The molecule has 0 aliphatic carbocycles. The molecule has 6 nitrogen and oxygen atoms in total. The maximum Gasteiger partial charge on any atom is 0.344 e. The molecule has 0 fully saturated rings. The van der Waals surface area contributed by atoms with Gasteiger partial charge in [-0.25, -0.2) is 9.48 Å². The topological polar surface area (TPSA) is 73.2 Å². The summed E-state index contributed by atoms with van der Waals surface area (Å²) >= 11 is 6.33. The number of nitrogens with one attached hydrogen (secondary N) is 1. The van der Waals surface area contributed by atoms with Gasteiger partial charge in [-0.3, -0.25) is 4.79 Å². The zero-order valence-electron chi connectivity index (χ0n) is 15.0. The lowest BCUT2D eigenvalue weighted by atomic mass is 10.1. The molecule has 0 aliphatic rings. The monoisotopic (exact) mass is 363 g/mol. The second-order valence-electron chi connectivity index (χ2n) is 6.79. The normalized spacial score (nSPS) is 12.6. The quantitative estimate of drug-likeness (QED) is 0.846. The van der Waals surface area contributed by atoms with Crippen LogP contribution in [0.3, 0.4) is 0 Å². The van der Waals surface area contributed by atoms with E-state index in [9.17, 15) is 9.59 Å². The van der Waals surface area contributed by atoms with Crippen LogP contribution in [0.15, 0.2) is 30.3 Å². The van der Waals surface area contributed by atoms with Crippen molar-refractivity contribution in [3.8, 4) is 5.69 Å². The van der Waals surface area contributed by atoms with Gasteiger partial charge in [0.1, 0.15) is 10.7 Å².